The summed E-state index contributed by atoms with van der Waals surface area (Å²) >= 11 is 4.07. The molecule has 3 unspecified atom stereocenters. The lowest BCUT2D eigenvalue weighted by molar-refractivity contribution is 0.00413. The molecule has 1 aromatic carbocycles. The van der Waals surface area contributed by atoms with Crippen LogP contribution in [0.15, 0.2) is 30.3 Å². The number of alkyl halides is 1. The van der Waals surface area contributed by atoms with Gasteiger partial charge in [0.2, 0.25) is 0 Å². The zero-order chi connectivity index (χ0) is 11.5. The van der Waals surface area contributed by atoms with E-state index in [1.807, 2.05) is 0 Å². The zero-order valence-electron chi connectivity index (χ0n) is 10.1. The first kappa shape index (κ1) is 10.6. The molecule has 0 radical (unpaired) electrons. The van der Waals surface area contributed by atoms with Gasteiger partial charge in [-0.05, 0) is 55.4 Å². The number of hydrogen-bond donors (Lipinski definition) is 0. The fraction of sp³-hybridized carbons (Fsp3) is 0.625. The highest BCUT2D eigenvalue weighted by molar-refractivity contribution is 9.09. The molecule has 4 fully saturated rings. The van der Waals surface area contributed by atoms with E-state index in [0.717, 1.165) is 22.6 Å². The van der Waals surface area contributed by atoms with Gasteiger partial charge in [-0.1, -0.05) is 46.3 Å². The molecule has 3 atom stereocenters. The summed E-state index contributed by atoms with van der Waals surface area (Å²) in [4.78, 5) is 0.727. The second-order valence-corrected chi connectivity index (χ2v) is 7.52. The maximum absolute atomic E-state index is 4.07. The fourth-order valence-corrected chi connectivity index (χ4v) is 6.21. The van der Waals surface area contributed by atoms with E-state index in [4.69, 9.17) is 0 Å². The third-order valence-corrected chi connectivity index (χ3v) is 7.16. The standard InChI is InChI=1S/C16H19Br/c17-15-13-7-11-6-12(8-13)10-16(15,9-11)14-4-2-1-3-5-14/h1-5,11-13,15H,6-10H2. The summed E-state index contributed by atoms with van der Waals surface area (Å²) in [5.41, 5.74) is 2.07. The van der Waals surface area contributed by atoms with Crippen LogP contribution in [0.1, 0.15) is 37.7 Å². The van der Waals surface area contributed by atoms with Crippen molar-refractivity contribution in [3.05, 3.63) is 35.9 Å². The van der Waals surface area contributed by atoms with E-state index >= 15 is 0 Å². The second kappa shape index (κ2) is 3.60. The first-order valence-corrected chi connectivity index (χ1v) is 7.89. The van der Waals surface area contributed by atoms with E-state index in [9.17, 15) is 0 Å². The molecule has 0 aromatic heterocycles. The summed E-state index contributed by atoms with van der Waals surface area (Å²) in [6, 6.07) is 11.3. The van der Waals surface area contributed by atoms with Crippen LogP contribution in [-0.4, -0.2) is 4.83 Å². The Morgan fingerprint density at radius 2 is 1.59 bits per heavy atom. The first-order valence-electron chi connectivity index (χ1n) is 6.97. The van der Waals surface area contributed by atoms with Gasteiger partial charge in [0, 0.05) is 10.2 Å². The molecule has 0 amide bonds. The Morgan fingerprint density at radius 3 is 2.24 bits per heavy atom. The third-order valence-electron chi connectivity index (χ3n) is 5.54. The van der Waals surface area contributed by atoms with Crippen LogP contribution < -0.4 is 0 Å². The lowest BCUT2D eigenvalue weighted by Gasteiger charge is -2.60. The van der Waals surface area contributed by atoms with Crippen LogP contribution in [0.2, 0.25) is 0 Å². The average molecular weight is 291 g/mol. The van der Waals surface area contributed by atoms with Gasteiger partial charge in [-0.2, -0.15) is 0 Å². The average Bonchev–Trinajstić information content (AvgIpc) is 2.36. The van der Waals surface area contributed by atoms with Crippen LogP contribution in [0.25, 0.3) is 0 Å². The van der Waals surface area contributed by atoms with Gasteiger partial charge in [-0.3, -0.25) is 0 Å². The van der Waals surface area contributed by atoms with Crippen LogP contribution in [-0.2, 0) is 5.41 Å². The van der Waals surface area contributed by atoms with Gasteiger partial charge in [0.05, 0.1) is 0 Å². The zero-order valence-corrected chi connectivity index (χ0v) is 11.7. The van der Waals surface area contributed by atoms with Crippen molar-refractivity contribution in [3.8, 4) is 0 Å². The third kappa shape index (κ3) is 1.41. The van der Waals surface area contributed by atoms with Crippen molar-refractivity contribution in [1.29, 1.82) is 0 Å². The summed E-state index contributed by atoms with van der Waals surface area (Å²) in [5.74, 6) is 2.98. The molecular formula is C16H19Br. The minimum atomic E-state index is 0.468. The van der Waals surface area contributed by atoms with Crippen molar-refractivity contribution in [3.63, 3.8) is 0 Å². The molecule has 4 saturated carbocycles. The molecule has 0 nitrogen and oxygen atoms in total. The van der Waals surface area contributed by atoms with Crippen LogP contribution in [0.4, 0.5) is 0 Å². The Labute approximate surface area is 112 Å². The molecule has 5 rings (SSSR count). The van der Waals surface area contributed by atoms with Gasteiger partial charge in [0.25, 0.3) is 0 Å². The van der Waals surface area contributed by atoms with E-state index < -0.39 is 0 Å². The molecule has 0 heterocycles. The first-order chi connectivity index (χ1) is 8.28. The van der Waals surface area contributed by atoms with Crippen LogP contribution >= 0.6 is 15.9 Å². The number of hydrogen-bond acceptors (Lipinski definition) is 0. The maximum atomic E-state index is 4.07. The van der Waals surface area contributed by atoms with Crippen molar-refractivity contribution in [2.45, 2.75) is 42.3 Å². The summed E-state index contributed by atoms with van der Waals surface area (Å²) < 4.78 is 0. The Bertz CT molecular complexity index is 410. The molecule has 4 bridgehead atoms. The predicted octanol–water partition coefficient (Wildman–Crippen LogP) is 4.53. The Hall–Kier alpha value is -0.300. The van der Waals surface area contributed by atoms with Crippen molar-refractivity contribution >= 4 is 15.9 Å². The lowest BCUT2D eigenvalue weighted by Crippen LogP contribution is -2.55. The van der Waals surface area contributed by atoms with E-state index in [0.29, 0.717) is 5.41 Å². The van der Waals surface area contributed by atoms with Crippen LogP contribution in [0, 0.1) is 17.8 Å². The van der Waals surface area contributed by atoms with Crippen molar-refractivity contribution in [2.75, 3.05) is 0 Å². The molecule has 0 N–H and O–H groups in total. The maximum Gasteiger partial charge on any atom is 0.0271 e. The van der Waals surface area contributed by atoms with Gasteiger partial charge < -0.3 is 0 Å². The van der Waals surface area contributed by atoms with Gasteiger partial charge in [0.15, 0.2) is 0 Å². The summed E-state index contributed by atoms with van der Waals surface area (Å²) in [5, 5.41) is 0. The highest BCUT2D eigenvalue weighted by Gasteiger charge is 2.56. The Kier molecular flexibility index (Phi) is 2.25. The van der Waals surface area contributed by atoms with E-state index in [1.54, 1.807) is 5.56 Å². The molecule has 4 aliphatic rings. The number of rotatable bonds is 1. The molecular weight excluding hydrogens is 272 g/mol. The lowest BCUT2D eigenvalue weighted by atomic mass is 9.48. The molecule has 4 aliphatic carbocycles. The van der Waals surface area contributed by atoms with E-state index in [-0.39, 0.29) is 0 Å². The normalized spacial score (nSPS) is 47.4. The Morgan fingerprint density at radius 1 is 0.941 bits per heavy atom. The predicted molar refractivity (Wildman–Crippen MR) is 74.4 cm³/mol. The molecule has 0 spiro atoms. The highest BCUT2D eigenvalue weighted by Crippen LogP contribution is 2.62. The monoisotopic (exact) mass is 290 g/mol. The van der Waals surface area contributed by atoms with Gasteiger partial charge in [-0.15, -0.1) is 0 Å². The minimum Gasteiger partial charge on any atom is -0.0878 e. The van der Waals surface area contributed by atoms with Crippen molar-refractivity contribution < 1.29 is 0 Å². The van der Waals surface area contributed by atoms with Crippen molar-refractivity contribution in [1.82, 2.24) is 0 Å². The summed E-state index contributed by atoms with van der Waals surface area (Å²) in [6.45, 7) is 0. The quantitative estimate of drug-likeness (QED) is 0.667. The van der Waals surface area contributed by atoms with Crippen LogP contribution in [0.5, 0.6) is 0 Å². The molecule has 90 valence electrons. The summed E-state index contributed by atoms with van der Waals surface area (Å²) in [7, 11) is 0. The largest absolute Gasteiger partial charge is 0.0878 e. The fourth-order valence-electron chi connectivity index (χ4n) is 5.14. The summed E-state index contributed by atoms with van der Waals surface area (Å²) in [6.07, 6.45) is 7.35. The van der Waals surface area contributed by atoms with E-state index in [1.165, 1.54) is 32.1 Å². The van der Waals surface area contributed by atoms with Crippen molar-refractivity contribution in [2.24, 2.45) is 17.8 Å². The minimum absolute atomic E-state index is 0.468. The Balaban J connectivity index is 1.81. The topological polar surface area (TPSA) is 0 Å². The van der Waals surface area contributed by atoms with Crippen LogP contribution in [0.3, 0.4) is 0 Å². The molecule has 1 aromatic rings. The van der Waals surface area contributed by atoms with E-state index in [2.05, 4.69) is 46.3 Å². The molecule has 0 saturated heterocycles. The molecule has 17 heavy (non-hydrogen) atoms. The van der Waals surface area contributed by atoms with Gasteiger partial charge in [-0.25, -0.2) is 0 Å². The second-order valence-electron chi connectivity index (χ2n) is 6.53. The smallest absolute Gasteiger partial charge is 0.0271 e. The molecule has 0 aliphatic heterocycles. The molecule has 1 heteroatoms. The highest BCUT2D eigenvalue weighted by atomic mass is 79.9. The van der Waals surface area contributed by atoms with Gasteiger partial charge in [0.1, 0.15) is 0 Å². The number of halogens is 1. The SMILES string of the molecule is BrC1C2CC3CC(C2)CC1(c1ccccc1)C3. The number of benzene rings is 1. The van der Waals surface area contributed by atoms with Gasteiger partial charge >= 0.3 is 0 Å².